The van der Waals surface area contributed by atoms with Crippen LogP contribution in [-0.2, 0) is 20.8 Å². The van der Waals surface area contributed by atoms with E-state index in [1.54, 1.807) is 76.6 Å². The molecule has 3 aromatic heterocycles. The lowest BCUT2D eigenvalue weighted by Gasteiger charge is -2.25. The van der Waals surface area contributed by atoms with E-state index in [1.165, 1.54) is 11.7 Å². The lowest BCUT2D eigenvalue weighted by molar-refractivity contribution is 0.0487. The summed E-state index contributed by atoms with van der Waals surface area (Å²) in [6.45, 7) is 15.0. The van der Waals surface area contributed by atoms with Gasteiger partial charge in [0, 0.05) is 22.9 Å². The average Bonchev–Trinajstić information content (AvgIpc) is 3.31. The molecule has 0 radical (unpaired) electrons. The van der Waals surface area contributed by atoms with E-state index in [4.69, 9.17) is 24.2 Å². The molecule has 0 unspecified atom stereocenters. The molecule has 0 fully saturated rings. The van der Waals surface area contributed by atoms with Crippen molar-refractivity contribution in [2.75, 3.05) is 12.4 Å². The lowest BCUT2D eigenvalue weighted by atomic mass is 10.1. The predicted octanol–water partition coefficient (Wildman–Crippen LogP) is 10.3. The third kappa shape index (κ3) is 12.8. The number of rotatable bonds is 12. The fraction of sp³-hybridized carbons (Fsp3) is 0.308. The molecule has 0 aliphatic carbocycles. The fourth-order valence-corrected chi connectivity index (χ4v) is 7.80. The van der Waals surface area contributed by atoms with E-state index in [1.807, 2.05) is 98.8 Å². The number of nitrogens with zero attached hydrogens (tertiary/aromatic N) is 5. The molecule has 2 amide bonds. The Morgan fingerprint density at radius 3 is 1.57 bits per heavy atom. The molecular weight excluding hydrogens is 945 g/mol. The second-order valence-electron chi connectivity index (χ2n) is 17.8. The molecular formula is C52H57BrN8O8. The van der Waals surface area contributed by atoms with Crippen LogP contribution in [0.3, 0.4) is 0 Å². The van der Waals surface area contributed by atoms with Gasteiger partial charge in [-0.05, 0) is 130 Å². The largest absolute Gasteiger partial charge is 0.464 e. The van der Waals surface area contributed by atoms with Gasteiger partial charge in [0.25, 0.3) is 11.1 Å². The molecule has 2 atom stereocenters. The van der Waals surface area contributed by atoms with Crippen molar-refractivity contribution >= 4 is 61.6 Å². The number of hydrogen-bond donors (Lipinski definition) is 3. The number of pyridine rings is 1. The number of para-hydroxylation sites is 2. The highest BCUT2D eigenvalue weighted by Crippen LogP contribution is 2.27. The summed E-state index contributed by atoms with van der Waals surface area (Å²) in [4.78, 5) is 78.1. The van der Waals surface area contributed by atoms with Crippen molar-refractivity contribution in [2.45, 2.75) is 98.1 Å². The highest BCUT2D eigenvalue weighted by atomic mass is 79.9. The third-order valence-electron chi connectivity index (χ3n) is 10.3. The zero-order chi connectivity index (χ0) is 50.0. The van der Waals surface area contributed by atoms with Crippen molar-refractivity contribution in [3.63, 3.8) is 0 Å². The summed E-state index contributed by atoms with van der Waals surface area (Å²) < 4.78 is 19.3. The number of alkyl carbamates (subject to hydrolysis) is 2. The molecule has 17 heteroatoms. The first-order valence-corrected chi connectivity index (χ1v) is 23.3. The number of aromatic nitrogens is 5. The summed E-state index contributed by atoms with van der Waals surface area (Å²) >= 11 is 3.46. The molecule has 3 heterocycles. The van der Waals surface area contributed by atoms with Gasteiger partial charge in [0.15, 0.2) is 0 Å². The van der Waals surface area contributed by atoms with Gasteiger partial charge in [-0.1, -0.05) is 68.4 Å². The Balaban J connectivity index is 0.000000239. The molecule has 4 aromatic carbocycles. The van der Waals surface area contributed by atoms with Gasteiger partial charge in [-0.15, -0.1) is 0 Å². The summed E-state index contributed by atoms with van der Waals surface area (Å²) in [5.74, 6) is 0.348. The number of amides is 2. The number of esters is 1. The van der Waals surface area contributed by atoms with Crippen LogP contribution in [-0.4, -0.2) is 60.6 Å². The Kier molecular flexibility index (Phi) is 16.4. The lowest BCUT2D eigenvalue weighted by Crippen LogP contribution is -2.37. The van der Waals surface area contributed by atoms with Gasteiger partial charge in [0.2, 0.25) is 0 Å². The number of halogens is 1. The van der Waals surface area contributed by atoms with E-state index >= 15 is 0 Å². The van der Waals surface area contributed by atoms with E-state index in [0.29, 0.717) is 74.4 Å². The standard InChI is InChI=1S/C30H33N5O5.C22H24BrN3O3/c1-6-21(34-29(38)40-30(2,3)4)26-33-23-14-10-13-22(25(23)27(36)35(26)20-11-8-7-9-12-20)31-17-19-15-16-24(32-18-19)28(37)39-5;1-5-16(25-21(28)29-22(2,3)4)19-24-17-13-9-12-15(23)18(17)20(27)26(19)14-10-7-6-8-11-14/h7-16,18,21,31H,6,17H2,1-5H3,(H,34,38);6-13,16H,5H2,1-4H3,(H,25,28)/t21-;16-/m00/s1. The number of carbonyl (C=O) groups excluding carboxylic acids is 3. The number of fused-ring (bicyclic) bond motifs is 2. The van der Waals surface area contributed by atoms with E-state index in [9.17, 15) is 24.0 Å². The maximum Gasteiger partial charge on any atom is 0.408 e. The first-order valence-electron chi connectivity index (χ1n) is 22.5. The van der Waals surface area contributed by atoms with Crippen molar-refractivity contribution in [2.24, 2.45) is 0 Å². The Hall–Kier alpha value is -7.40. The van der Waals surface area contributed by atoms with Crippen LogP contribution in [0.1, 0.15) is 108 Å². The quantitative estimate of drug-likeness (QED) is 0.0775. The van der Waals surface area contributed by atoms with Crippen LogP contribution in [0.2, 0.25) is 0 Å². The molecule has 0 bridgehead atoms. The maximum absolute atomic E-state index is 14.1. The predicted molar refractivity (Wildman–Crippen MR) is 270 cm³/mol. The fourth-order valence-electron chi connectivity index (χ4n) is 7.27. The van der Waals surface area contributed by atoms with Crippen LogP contribution in [0.4, 0.5) is 15.3 Å². The maximum atomic E-state index is 14.1. The number of nitrogens with one attached hydrogen (secondary N) is 3. The Bertz CT molecular complexity index is 3060. The van der Waals surface area contributed by atoms with Gasteiger partial charge in [0.05, 0.1) is 52.4 Å². The summed E-state index contributed by atoms with van der Waals surface area (Å²) in [6, 6.07) is 31.6. The molecule has 0 saturated carbocycles. The molecule has 0 aliphatic rings. The topological polar surface area (TPSA) is 198 Å². The van der Waals surface area contributed by atoms with Crippen LogP contribution in [0.15, 0.2) is 129 Å². The van der Waals surface area contributed by atoms with Crippen molar-refractivity contribution in [1.82, 2.24) is 34.7 Å². The van der Waals surface area contributed by atoms with Gasteiger partial charge in [-0.2, -0.15) is 0 Å². The SMILES string of the molecule is CC[C@H](NC(=O)OC(C)(C)C)c1nc2cccc(Br)c2c(=O)n1-c1ccccc1.CC[C@H](NC(=O)OC(C)(C)C)c1nc2cccc(NCc3ccc(C(=O)OC)nc3)c2c(=O)n1-c1ccccc1. The van der Waals surface area contributed by atoms with Crippen LogP contribution in [0.25, 0.3) is 33.2 Å². The smallest absolute Gasteiger partial charge is 0.408 e. The number of carbonyl (C=O) groups is 3. The molecule has 7 rings (SSSR count). The number of methoxy groups -OCH3 is 1. The monoisotopic (exact) mass is 1000 g/mol. The van der Waals surface area contributed by atoms with Crippen LogP contribution >= 0.6 is 15.9 Å². The molecule has 7 aromatic rings. The van der Waals surface area contributed by atoms with Gasteiger partial charge >= 0.3 is 18.2 Å². The van der Waals surface area contributed by atoms with Gasteiger partial charge < -0.3 is 30.2 Å². The van der Waals surface area contributed by atoms with Crippen molar-refractivity contribution in [1.29, 1.82) is 0 Å². The van der Waals surface area contributed by atoms with Gasteiger partial charge in [-0.25, -0.2) is 29.3 Å². The summed E-state index contributed by atoms with van der Waals surface area (Å²) in [5, 5.41) is 9.95. The Labute approximate surface area is 408 Å². The van der Waals surface area contributed by atoms with Crippen molar-refractivity contribution in [3.05, 3.63) is 163 Å². The number of benzene rings is 4. The molecule has 360 valence electrons. The minimum Gasteiger partial charge on any atom is -0.464 e. The minimum absolute atomic E-state index is 0.201. The Morgan fingerprint density at radius 1 is 0.638 bits per heavy atom. The van der Waals surface area contributed by atoms with Crippen molar-refractivity contribution in [3.8, 4) is 11.4 Å². The Morgan fingerprint density at radius 2 is 1.12 bits per heavy atom. The number of ether oxygens (including phenoxy) is 3. The molecule has 0 saturated heterocycles. The van der Waals surface area contributed by atoms with Gasteiger partial charge in [-0.3, -0.25) is 18.7 Å². The summed E-state index contributed by atoms with van der Waals surface area (Å²) in [5.41, 5.74) is 2.20. The molecule has 16 nitrogen and oxygen atoms in total. The van der Waals surface area contributed by atoms with E-state index in [2.05, 4.69) is 36.9 Å². The zero-order valence-corrected chi connectivity index (χ0v) is 41.7. The summed E-state index contributed by atoms with van der Waals surface area (Å²) in [7, 11) is 1.30. The number of anilines is 1. The number of hydrogen-bond acceptors (Lipinski definition) is 12. The minimum atomic E-state index is -0.673. The molecule has 0 aliphatic heterocycles. The van der Waals surface area contributed by atoms with Crippen LogP contribution in [0, 0.1) is 0 Å². The second kappa shape index (κ2) is 22.1. The first kappa shape index (κ1) is 51.0. The van der Waals surface area contributed by atoms with E-state index in [-0.39, 0.29) is 16.8 Å². The highest BCUT2D eigenvalue weighted by Gasteiger charge is 2.27. The highest BCUT2D eigenvalue weighted by molar-refractivity contribution is 9.10. The third-order valence-corrected chi connectivity index (χ3v) is 11.0. The normalized spacial score (nSPS) is 12.3. The average molecular weight is 1000 g/mol. The van der Waals surface area contributed by atoms with E-state index in [0.717, 1.165) is 5.56 Å². The molecule has 3 N–H and O–H groups in total. The second-order valence-corrected chi connectivity index (χ2v) is 18.7. The molecule has 0 spiro atoms. The first-order chi connectivity index (χ1) is 32.8. The van der Waals surface area contributed by atoms with Crippen LogP contribution in [0.5, 0.6) is 0 Å². The molecule has 69 heavy (non-hydrogen) atoms. The summed E-state index contributed by atoms with van der Waals surface area (Å²) in [6.07, 6.45) is 1.47. The van der Waals surface area contributed by atoms with Gasteiger partial charge in [0.1, 0.15) is 28.5 Å². The van der Waals surface area contributed by atoms with Crippen LogP contribution < -0.4 is 27.1 Å². The van der Waals surface area contributed by atoms with Crippen molar-refractivity contribution < 1.29 is 28.6 Å². The zero-order valence-electron chi connectivity index (χ0n) is 40.1. The van der Waals surface area contributed by atoms with E-state index < -0.39 is 41.4 Å².